The molecule has 1 amide bonds. The normalized spacial score (nSPS) is 20.7. The van der Waals surface area contributed by atoms with Gasteiger partial charge >= 0.3 is 0 Å². The van der Waals surface area contributed by atoms with E-state index in [0.717, 1.165) is 31.5 Å². The molecule has 1 aliphatic heterocycles. The van der Waals surface area contributed by atoms with Crippen LogP contribution in [-0.4, -0.2) is 55.5 Å². The van der Waals surface area contributed by atoms with Crippen molar-refractivity contribution < 1.29 is 4.79 Å². The number of anilines is 1. The zero-order valence-corrected chi connectivity index (χ0v) is 14.3. The van der Waals surface area contributed by atoms with Gasteiger partial charge in [0.1, 0.15) is 0 Å². The van der Waals surface area contributed by atoms with Gasteiger partial charge in [-0.15, -0.1) is 0 Å². The van der Waals surface area contributed by atoms with Crippen molar-refractivity contribution >= 4 is 11.6 Å². The molecular weight excluding hydrogens is 286 g/mol. The molecule has 23 heavy (non-hydrogen) atoms. The van der Waals surface area contributed by atoms with Gasteiger partial charge in [0.05, 0.1) is 0 Å². The first kappa shape index (κ1) is 16.5. The molecule has 4 nitrogen and oxygen atoms in total. The largest absolute Gasteiger partial charge is 0.326 e. The molecule has 0 spiro atoms. The summed E-state index contributed by atoms with van der Waals surface area (Å²) in [5.74, 6) is 0.430. The van der Waals surface area contributed by atoms with Gasteiger partial charge < -0.3 is 15.1 Å². The molecule has 4 heteroatoms. The number of carbonyl (C=O) groups is 1. The summed E-state index contributed by atoms with van der Waals surface area (Å²) in [4.78, 5) is 17.1. The maximum atomic E-state index is 12.1. The van der Waals surface area contributed by atoms with Gasteiger partial charge in [0, 0.05) is 44.3 Å². The van der Waals surface area contributed by atoms with Crippen molar-refractivity contribution in [2.45, 2.75) is 32.1 Å². The lowest BCUT2D eigenvalue weighted by Gasteiger charge is -2.32. The molecule has 3 rings (SSSR count). The summed E-state index contributed by atoms with van der Waals surface area (Å²) in [7, 11) is 2.19. The lowest BCUT2D eigenvalue weighted by Crippen LogP contribution is -2.45. The second-order valence-corrected chi connectivity index (χ2v) is 7.06. The Morgan fingerprint density at radius 2 is 1.74 bits per heavy atom. The summed E-state index contributed by atoms with van der Waals surface area (Å²) in [5.41, 5.74) is 2.29. The van der Waals surface area contributed by atoms with E-state index in [0.29, 0.717) is 0 Å². The molecule has 0 radical (unpaired) electrons. The molecule has 1 aromatic rings. The zero-order valence-electron chi connectivity index (χ0n) is 14.3. The van der Waals surface area contributed by atoms with Crippen LogP contribution in [-0.2, 0) is 11.2 Å². The Labute approximate surface area is 139 Å². The van der Waals surface area contributed by atoms with Crippen molar-refractivity contribution in [3.8, 4) is 0 Å². The van der Waals surface area contributed by atoms with Crippen LogP contribution in [0.5, 0.6) is 0 Å². The Bertz CT molecular complexity index is 500. The Morgan fingerprint density at radius 1 is 1.09 bits per heavy atom. The van der Waals surface area contributed by atoms with Crippen LogP contribution in [0, 0.1) is 5.92 Å². The van der Waals surface area contributed by atoms with Gasteiger partial charge in [-0.1, -0.05) is 25.0 Å². The minimum absolute atomic E-state index is 0.202. The Kier molecular flexibility index (Phi) is 5.68. The Balaban J connectivity index is 1.44. The fraction of sp³-hybridized carbons (Fsp3) is 0.632. The van der Waals surface area contributed by atoms with Gasteiger partial charge in [0.25, 0.3) is 0 Å². The summed E-state index contributed by atoms with van der Waals surface area (Å²) >= 11 is 0. The van der Waals surface area contributed by atoms with E-state index in [9.17, 15) is 4.79 Å². The van der Waals surface area contributed by atoms with Gasteiger partial charge in [0.15, 0.2) is 0 Å². The maximum absolute atomic E-state index is 12.1. The number of likely N-dealkylation sites (N-methyl/N-ethyl adjacent to an activating group) is 1. The predicted octanol–water partition coefficient (Wildman–Crippen LogP) is 2.61. The fourth-order valence-electron chi connectivity index (χ4n) is 3.55. The van der Waals surface area contributed by atoms with E-state index in [-0.39, 0.29) is 11.8 Å². The number of benzene rings is 1. The minimum atomic E-state index is 0.202. The highest BCUT2D eigenvalue weighted by Gasteiger charge is 2.22. The zero-order chi connectivity index (χ0) is 16.1. The smallest absolute Gasteiger partial charge is 0.227 e. The average Bonchev–Trinajstić information content (AvgIpc) is 3.10. The van der Waals surface area contributed by atoms with Crippen molar-refractivity contribution in [1.29, 1.82) is 0 Å². The van der Waals surface area contributed by atoms with Gasteiger partial charge in [-0.2, -0.15) is 0 Å². The molecule has 1 heterocycles. The van der Waals surface area contributed by atoms with E-state index in [1.807, 2.05) is 12.1 Å². The van der Waals surface area contributed by atoms with Crippen LogP contribution >= 0.6 is 0 Å². The van der Waals surface area contributed by atoms with Crippen LogP contribution in [0.1, 0.15) is 31.2 Å². The molecular formula is C19H29N3O. The van der Waals surface area contributed by atoms with Gasteiger partial charge in [-0.05, 0) is 44.0 Å². The molecule has 1 aliphatic carbocycles. The first-order valence-corrected chi connectivity index (χ1v) is 9.01. The molecule has 126 valence electrons. The molecule has 0 aromatic heterocycles. The third-order valence-electron chi connectivity index (χ3n) is 5.26. The molecule has 2 aliphatic rings. The van der Waals surface area contributed by atoms with E-state index in [2.05, 4.69) is 34.3 Å². The lowest BCUT2D eigenvalue weighted by atomic mass is 10.1. The van der Waals surface area contributed by atoms with Crippen molar-refractivity contribution in [1.82, 2.24) is 9.80 Å². The molecule has 1 saturated carbocycles. The summed E-state index contributed by atoms with van der Waals surface area (Å²) < 4.78 is 0. The summed E-state index contributed by atoms with van der Waals surface area (Å²) in [6.45, 7) is 5.82. The highest BCUT2D eigenvalue weighted by atomic mass is 16.1. The minimum Gasteiger partial charge on any atom is -0.326 e. The highest BCUT2D eigenvalue weighted by molar-refractivity contribution is 5.92. The van der Waals surface area contributed by atoms with Crippen LogP contribution in [0.4, 0.5) is 5.69 Å². The molecule has 0 atom stereocenters. The van der Waals surface area contributed by atoms with Gasteiger partial charge in [0.2, 0.25) is 5.91 Å². The third-order valence-corrected chi connectivity index (χ3v) is 5.26. The molecule has 0 bridgehead atoms. The van der Waals surface area contributed by atoms with Crippen LogP contribution in [0.15, 0.2) is 24.3 Å². The Morgan fingerprint density at radius 3 is 2.39 bits per heavy atom. The van der Waals surface area contributed by atoms with Crippen molar-refractivity contribution in [3.05, 3.63) is 29.8 Å². The SMILES string of the molecule is CN1CCN(CCc2ccc(NC(=O)C3CCCC3)cc2)CC1. The van der Waals surface area contributed by atoms with Gasteiger partial charge in [-0.3, -0.25) is 4.79 Å². The van der Waals surface area contributed by atoms with E-state index < -0.39 is 0 Å². The molecule has 1 aromatic carbocycles. The Hall–Kier alpha value is -1.39. The quantitative estimate of drug-likeness (QED) is 0.907. The van der Waals surface area contributed by atoms with Crippen LogP contribution in [0.25, 0.3) is 0 Å². The summed E-state index contributed by atoms with van der Waals surface area (Å²) in [5, 5.41) is 3.07. The van der Waals surface area contributed by atoms with Crippen molar-refractivity contribution in [2.75, 3.05) is 45.1 Å². The number of hydrogen-bond donors (Lipinski definition) is 1. The first-order chi connectivity index (χ1) is 11.2. The number of amides is 1. The van der Waals surface area contributed by atoms with E-state index in [1.54, 1.807) is 0 Å². The van der Waals surface area contributed by atoms with Crippen LogP contribution in [0.2, 0.25) is 0 Å². The summed E-state index contributed by atoms with van der Waals surface area (Å²) in [6.07, 6.45) is 5.58. The first-order valence-electron chi connectivity index (χ1n) is 9.01. The number of nitrogens with zero attached hydrogens (tertiary/aromatic N) is 2. The number of nitrogens with one attached hydrogen (secondary N) is 1. The van der Waals surface area contributed by atoms with Crippen LogP contribution < -0.4 is 5.32 Å². The average molecular weight is 315 g/mol. The number of rotatable bonds is 5. The second kappa shape index (κ2) is 7.93. The standard InChI is InChI=1S/C19H29N3O/c1-21-12-14-22(15-13-21)11-10-16-6-8-18(9-7-16)20-19(23)17-4-2-3-5-17/h6-9,17H,2-5,10-15H2,1H3,(H,20,23). The maximum Gasteiger partial charge on any atom is 0.227 e. The fourth-order valence-corrected chi connectivity index (χ4v) is 3.55. The second-order valence-electron chi connectivity index (χ2n) is 7.06. The number of hydrogen-bond acceptors (Lipinski definition) is 3. The topological polar surface area (TPSA) is 35.6 Å². The molecule has 1 saturated heterocycles. The molecule has 0 unspecified atom stereocenters. The number of piperazine rings is 1. The van der Waals surface area contributed by atoms with E-state index >= 15 is 0 Å². The summed E-state index contributed by atoms with van der Waals surface area (Å²) in [6, 6.07) is 8.40. The van der Waals surface area contributed by atoms with Gasteiger partial charge in [-0.25, -0.2) is 0 Å². The van der Waals surface area contributed by atoms with Crippen molar-refractivity contribution in [3.63, 3.8) is 0 Å². The number of carbonyl (C=O) groups excluding carboxylic acids is 1. The lowest BCUT2D eigenvalue weighted by molar-refractivity contribution is -0.119. The molecule has 1 N–H and O–H groups in total. The molecule has 2 fully saturated rings. The third kappa shape index (κ3) is 4.79. The van der Waals surface area contributed by atoms with E-state index in [4.69, 9.17) is 0 Å². The van der Waals surface area contributed by atoms with Crippen molar-refractivity contribution in [2.24, 2.45) is 5.92 Å². The van der Waals surface area contributed by atoms with E-state index in [1.165, 1.54) is 44.6 Å². The van der Waals surface area contributed by atoms with Crippen LogP contribution in [0.3, 0.4) is 0 Å². The monoisotopic (exact) mass is 315 g/mol. The highest BCUT2D eigenvalue weighted by Crippen LogP contribution is 2.26. The predicted molar refractivity (Wildman–Crippen MR) is 94.7 cm³/mol.